The fraction of sp³-hybridized carbons (Fsp3) is 0.0588. The molecule has 24 heavy (non-hydrogen) atoms. The highest BCUT2D eigenvalue weighted by Crippen LogP contribution is 2.24. The maximum Gasteiger partial charge on any atom is 0.336 e. The Bertz CT molecular complexity index is 797. The lowest BCUT2D eigenvalue weighted by atomic mass is 10.2. The van der Waals surface area contributed by atoms with E-state index in [2.05, 4.69) is 5.32 Å². The van der Waals surface area contributed by atoms with E-state index in [1.165, 1.54) is 43.3 Å². The molecule has 0 aliphatic carbocycles. The number of nitro benzene ring substituents is 1. The molecule has 122 valence electrons. The highest BCUT2D eigenvalue weighted by molar-refractivity contribution is 5.93. The van der Waals surface area contributed by atoms with Gasteiger partial charge in [0.15, 0.2) is 5.75 Å². The zero-order valence-electron chi connectivity index (χ0n) is 12.8. The van der Waals surface area contributed by atoms with E-state index in [1.807, 2.05) is 0 Å². The maximum absolute atomic E-state index is 11.9. The number of benzene rings is 2. The number of amides is 1. The van der Waals surface area contributed by atoms with Crippen molar-refractivity contribution in [2.75, 3.05) is 5.32 Å². The molecule has 7 heteroatoms. The number of hydrogen-bond donors (Lipinski definition) is 1. The molecule has 0 saturated heterocycles. The highest BCUT2D eigenvalue weighted by atomic mass is 16.6. The second-order valence-electron chi connectivity index (χ2n) is 4.78. The predicted molar refractivity (Wildman–Crippen MR) is 88.5 cm³/mol. The molecule has 0 unspecified atom stereocenters. The van der Waals surface area contributed by atoms with Gasteiger partial charge in [-0.1, -0.05) is 12.1 Å². The van der Waals surface area contributed by atoms with Crippen LogP contribution in [0.25, 0.3) is 6.08 Å². The van der Waals surface area contributed by atoms with Crippen LogP contribution in [0.2, 0.25) is 0 Å². The van der Waals surface area contributed by atoms with Gasteiger partial charge in [0, 0.05) is 25.1 Å². The average Bonchev–Trinajstić information content (AvgIpc) is 2.54. The van der Waals surface area contributed by atoms with Gasteiger partial charge in [-0.15, -0.1) is 0 Å². The van der Waals surface area contributed by atoms with Crippen molar-refractivity contribution < 1.29 is 19.2 Å². The van der Waals surface area contributed by atoms with Crippen molar-refractivity contribution in [2.45, 2.75) is 6.92 Å². The molecule has 0 spiro atoms. The van der Waals surface area contributed by atoms with Gasteiger partial charge >= 0.3 is 5.97 Å². The first-order chi connectivity index (χ1) is 11.5. The van der Waals surface area contributed by atoms with Crippen molar-refractivity contribution in [3.63, 3.8) is 0 Å². The Morgan fingerprint density at radius 2 is 1.79 bits per heavy atom. The smallest absolute Gasteiger partial charge is 0.336 e. The maximum atomic E-state index is 11.9. The summed E-state index contributed by atoms with van der Waals surface area (Å²) in [5.74, 6) is -0.683. The molecule has 0 aliphatic rings. The minimum atomic E-state index is -0.633. The first-order valence-corrected chi connectivity index (χ1v) is 6.96. The summed E-state index contributed by atoms with van der Waals surface area (Å²) >= 11 is 0. The van der Waals surface area contributed by atoms with Gasteiger partial charge in [0.1, 0.15) is 0 Å². The minimum Gasteiger partial charge on any atom is -0.421 e. The molecule has 1 N–H and O–H groups in total. The van der Waals surface area contributed by atoms with Gasteiger partial charge in [-0.3, -0.25) is 14.9 Å². The van der Waals surface area contributed by atoms with Crippen LogP contribution in [-0.2, 0) is 9.59 Å². The number of hydrogen-bond acceptors (Lipinski definition) is 5. The zero-order chi connectivity index (χ0) is 17.5. The first kappa shape index (κ1) is 16.9. The summed E-state index contributed by atoms with van der Waals surface area (Å²) in [4.78, 5) is 33.1. The van der Waals surface area contributed by atoms with E-state index in [-0.39, 0.29) is 17.3 Å². The van der Waals surface area contributed by atoms with Gasteiger partial charge in [0.2, 0.25) is 5.91 Å². The van der Waals surface area contributed by atoms with E-state index < -0.39 is 10.9 Å². The number of esters is 1. The third kappa shape index (κ3) is 4.77. The van der Waals surface area contributed by atoms with Crippen LogP contribution in [-0.4, -0.2) is 16.8 Å². The molecule has 0 radical (unpaired) electrons. The van der Waals surface area contributed by atoms with Crippen molar-refractivity contribution in [1.29, 1.82) is 0 Å². The van der Waals surface area contributed by atoms with Crippen LogP contribution < -0.4 is 10.1 Å². The van der Waals surface area contributed by atoms with Crippen LogP contribution in [0.1, 0.15) is 12.5 Å². The van der Waals surface area contributed by atoms with Crippen molar-refractivity contribution in [3.8, 4) is 5.75 Å². The van der Waals surface area contributed by atoms with Gasteiger partial charge in [0.05, 0.1) is 10.6 Å². The number of nitrogens with one attached hydrogen (secondary N) is 1. The Morgan fingerprint density at radius 3 is 2.42 bits per heavy atom. The van der Waals surface area contributed by atoms with Crippen molar-refractivity contribution in [2.24, 2.45) is 0 Å². The molecule has 0 atom stereocenters. The largest absolute Gasteiger partial charge is 0.421 e. The molecule has 0 aliphatic heterocycles. The number of non-ortho nitro benzene ring substituents is 1. The van der Waals surface area contributed by atoms with E-state index >= 15 is 0 Å². The predicted octanol–water partition coefficient (Wildman–Crippen LogP) is 3.17. The van der Waals surface area contributed by atoms with Gasteiger partial charge in [-0.25, -0.2) is 4.79 Å². The zero-order valence-corrected chi connectivity index (χ0v) is 12.8. The fourth-order valence-electron chi connectivity index (χ4n) is 1.86. The van der Waals surface area contributed by atoms with Crippen LogP contribution in [0, 0.1) is 10.1 Å². The molecule has 7 nitrogen and oxygen atoms in total. The standard InChI is InChI=1S/C17H14N2O5/c1-12(20)18-15-4-2-3-5-16(15)24-17(21)11-8-13-6-9-14(10-7-13)19(22)23/h2-11H,1H3,(H,18,20)/b11-8+. The van der Waals surface area contributed by atoms with Gasteiger partial charge in [0.25, 0.3) is 5.69 Å². The topological polar surface area (TPSA) is 98.5 Å². The Balaban J connectivity index is 2.05. The lowest BCUT2D eigenvalue weighted by Crippen LogP contribution is -2.10. The van der Waals surface area contributed by atoms with Gasteiger partial charge in [-0.2, -0.15) is 0 Å². The first-order valence-electron chi connectivity index (χ1n) is 6.96. The highest BCUT2D eigenvalue weighted by Gasteiger charge is 2.08. The molecule has 2 aromatic carbocycles. The van der Waals surface area contributed by atoms with Crippen LogP contribution in [0.3, 0.4) is 0 Å². The molecule has 0 fully saturated rings. The Labute approximate surface area is 137 Å². The second kappa shape index (κ2) is 7.68. The van der Waals surface area contributed by atoms with Crippen molar-refractivity contribution in [3.05, 3.63) is 70.3 Å². The summed E-state index contributed by atoms with van der Waals surface area (Å²) in [7, 11) is 0. The van der Waals surface area contributed by atoms with Crippen molar-refractivity contribution in [1.82, 2.24) is 0 Å². The lowest BCUT2D eigenvalue weighted by molar-refractivity contribution is -0.384. The average molecular weight is 326 g/mol. The molecule has 0 heterocycles. The third-order valence-electron chi connectivity index (χ3n) is 2.92. The van der Waals surface area contributed by atoms with Crippen LogP contribution >= 0.6 is 0 Å². The van der Waals surface area contributed by atoms with Gasteiger partial charge in [-0.05, 0) is 35.9 Å². The Kier molecular flexibility index (Phi) is 5.40. The molecule has 2 aromatic rings. The van der Waals surface area contributed by atoms with E-state index in [9.17, 15) is 19.7 Å². The fourth-order valence-corrected chi connectivity index (χ4v) is 1.86. The number of nitrogens with zero attached hydrogens (tertiary/aromatic N) is 1. The summed E-state index contributed by atoms with van der Waals surface area (Å²) in [5.41, 5.74) is 0.980. The molecular formula is C17H14N2O5. The van der Waals surface area contributed by atoms with Crippen LogP contribution in [0.4, 0.5) is 11.4 Å². The van der Waals surface area contributed by atoms with E-state index in [1.54, 1.807) is 24.3 Å². The second-order valence-corrected chi connectivity index (χ2v) is 4.78. The van der Waals surface area contributed by atoms with Crippen molar-refractivity contribution >= 4 is 29.3 Å². The monoisotopic (exact) mass is 326 g/mol. The summed E-state index contributed by atoms with van der Waals surface area (Å²) in [5, 5.41) is 13.1. The number of nitro groups is 1. The summed E-state index contributed by atoms with van der Waals surface area (Å²) in [6.07, 6.45) is 2.68. The van der Waals surface area contributed by atoms with Crippen LogP contribution in [0.15, 0.2) is 54.6 Å². The van der Waals surface area contributed by atoms with E-state index in [4.69, 9.17) is 4.74 Å². The van der Waals surface area contributed by atoms with Gasteiger partial charge < -0.3 is 10.1 Å². The lowest BCUT2D eigenvalue weighted by Gasteiger charge is -2.08. The minimum absolute atomic E-state index is 0.0287. The third-order valence-corrected chi connectivity index (χ3v) is 2.92. The molecule has 2 rings (SSSR count). The summed E-state index contributed by atoms with van der Waals surface area (Å²) in [6.45, 7) is 1.35. The summed E-state index contributed by atoms with van der Waals surface area (Å²) < 4.78 is 5.18. The molecule has 0 aromatic heterocycles. The number of para-hydroxylation sites is 2. The molecule has 0 saturated carbocycles. The number of carbonyl (C=O) groups excluding carboxylic acids is 2. The quantitative estimate of drug-likeness (QED) is 0.299. The number of anilines is 1. The van der Waals surface area contributed by atoms with E-state index in [0.717, 1.165) is 0 Å². The number of rotatable bonds is 5. The molecular weight excluding hydrogens is 312 g/mol. The Hall–Kier alpha value is -3.48. The Morgan fingerprint density at radius 1 is 1.12 bits per heavy atom. The number of ether oxygens (including phenoxy) is 1. The summed E-state index contributed by atoms with van der Waals surface area (Å²) in [6, 6.07) is 12.3. The number of carbonyl (C=O) groups is 2. The molecule has 0 bridgehead atoms. The van der Waals surface area contributed by atoms with E-state index in [0.29, 0.717) is 11.3 Å². The normalized spacial score (nSPS) is 10.4. The SMILES string of the molecule is CC(=O)Nc1ccccc1OC(=O)/C=C/c1ccc([N+](=O)[O-])cc1. The van der Waals surface area contributed by atoms with Crippen LogP contribution in [0.5, 0.6) is 5.75 Å². The molecule has 1 amide bonds.